The Kier molecular flexibility index (Phi) is 8.98. The van der Waals surface area contributed by atoms with Crippen molar-refractivity contribution in [2.45, 2.75) is 54.0 Å². The smallest absolute Gasteiger partial charge is 0.251 e. The topological polar surface area (TPSA) is 98.8 Å². The summed E-state index contributed by atoms with van der Waals surface area (Å²) in [5.74, 6) is -0.426. The number of halogens is 1. The molecule has 2 aromatic rings. The van der Waals surface area contributed by atoms with Crippen molar-refractivity contribution in [1.29, 1.82) is 0 Å². The van der Waals surface area contributed by atoms with E-state index in [0.29, 0.717) is 29.9 Å². The molecule has 1 aliphatic rings. The third-order valence-corrected chi connectivity index (χ3v) is 7.11. The second-order valence-corrected chi connectivity index (χ2v) is 12.7. The number of nitrogens with one attached hydrogen (secondary N) is 2. The van der Waals surface area contributed by atoms with E-state index in [1.165, 1.54) is 0 Å². The van der Waals surface area contributed by atoms with Crippen LogP contribution in [0, 0.1) is 26.2 Å². The first-order valence-corrected chi connectivity index (χ1v) is 13.9. The lowest BCUT2D eigenvalue weighted by atomic mass is 9.87. The minimum absolute atomic E-state index is 0. The number of carbonyl (C=O) groups excluding carboxylic acids is 2. The largest absolute Gasteiger partial charge is 0.378 e. The van der Waals surface area contributed by atoms with E-state index in [9.17, 15) is 18.0 Å². The van der Waals surface area contributed by atoms with Gasteiger partial charge >= 0.3 is 0 Å². The second kappa shape index (κ2) is 10.9. The van der Waals surface area contributed by atoms with Crippen molar-refractivity contribution in [3.8, 4) is 0 Å². The molecule has 2 aromatic carbocycles. The highest BCUT2D eigenvalue weighted by Crippen LogP contribution is 2.38. The van der Waals surface area contributed by atoms with Gasteiger partial charge in [0.15, 0.2) is 0 Å². The molecular formula is C27H39ClN4O4S. The van der Waals surface area contributed by atoms with Crippen molar-refractivity contribution in [2.75, 3.05) is 41.8 Å². The number of anilines is 3. The van der Waals surface area contributed by atoms with Gasteiger partial charge in [-0.1, -0.05) is 32.9 Å². The number of carbonyl (C=O) groups is 2. The van der Waals surface area contributed by atoms with Crippen molar-refractivity contribution in [1.82, 2.24) is 4.90 Å². The van der Waals surface area contributed by atoms with E-state index in [0.717, 1.165) is 34.2 Å². The molecule has 1 atom stereocenters. The lowest BCUT2D eigenvalue weighted by molar-refractivity contribution is -0.146. The molecule has 0 aliphatic carbocycles. The lowest BCUT2D eigenvalue weighted by Crippen LogP contribution is -2.49. The van der Waals surface area contributed by atoms with Gasteiger partial charge in [-0.25, -0.2) is 8.42 Å². The van der Waals surface area contributed by atoms with Crippen LogP contribution in [-0.2, 0) is 26.0 Å². The summed E-state index contributed by atoms with van der Waals surface area (Å²) in [6.45, 7) is 11.5. The molecule has 10 heteroatoms. The number of fused-ring (bicyclic) bond motifs is 1. The number of rotatable bonds is 5. The average molecular weight is 551 g/mol. The van der Waals surface area contributed by atoms with Gasteiger partial charge in [0, 0.05) is 37.4 Å². The van der Waals surface area contributed by atoms with Crippen LogP contribution >= 0.6 is 12.4 Å². The summed E-state index contributed by atoms with van der Waals surface area (Å²) in [5, 5.41) is 3.05. The van der Waals surface area contributed by atoms with Crippen LogP contribution in [0.15, 0.2) is 24.3 Å². The maximum atomic E-state index is 14.0. The number of nitrogens with zero attached hydrogens (tertiary/aromatic N) is 2. The van der Waals surface area contributed by atoms with Gasteiger partial charge in [0.25, 0.3) is 5.91 Å². The molecule has 0 radical (unpaired) electrons. The molecule has 8 nitrogen and oxygen atoms in total. The van der Waals surface area contributed by atoms with Gasteiger partial charge in [0.1, 0.15) is 6.04 Å². The van der Waals surface area contributed by atoms with Crippen LogP contribution in [0.25, 0.3) is 0 Å². The zero-order valence-electron chi connectivity index (χ0n) is 23.1. The summed E-state index contributed by atoms with van der Waals surface area (Å²) >= 11 is 0. The molecule has 1 aliphatic heterocycles. The number of hydrogen-bond acceptors (Lipinski definition) is 5. The average Bonchev–Trinajstić information content (AvgIpc) is 2.76. The van der Waals surface area contributed by atoms with Crippen molar-refractivity contribution >= 4 is 51.3 Å². The summed E-state index contributed by atoms with van der Waals surface area (Å²) in [7, 11) is 0.365. The minimum atomic E-state index is -3.51. The third-order valence-electron chi connectivity index (χ3n) is 6.53. The predicted molar refractivity (Wildman–Crippen MR) is 153 cm³/mol. The molecule has 0 spiro atoms. The van der Waals surface area contributed by atoms with E-state index in [4.69, 9.17) is 0 Å². The van der Waals surface area contributed by atoms with E-state index in [2.05, 4.69) is 10.0 Å². The molecule has 0 bridgehead atoms. The van der Waals surface area contributed by atoms with Gasteiger partial charge in [-0.3, -0.25) is 14.3 Å². The second-order valence-electron chi connectivity index (χ2n) is 10.9. The monoisotopic (exact) mass is 550 g/mol. The summed E-state index contributed by atoms with van der Waals surface area (Å²) < 4.78 is 26.5. The summed E-state index contributed by atoms with van der Waals surface area (Å²) in [6.07, 6.45) is 1.76. The standard InChI is InChI=1S/C27H38N4O4S.ClH/c1-16-14-17(2)23(29-36(9,34)35)18(3)22(16)28-25(32)24-21-15-20(30(7)8)11-10-19(21)12-13-31(24)26(33)27(4,5)6;/h10-11,14-15,24,29H,12-13H2,1-9H3,(H,28,32);1H. The zero-order chi connectivity index (χ0) is 27.2. The van der Waals surface area contributed by atoms with E-state index >= 15 is 0 Å². The number of benzene rings is 2. The zero-order valence-corrected chi connectivity index (χ0v) is 24.8. The van der Waals surface area contributed by atoms with Gasteiger partial charge in [-0.15, -0.1) is 12.4 Å². The van der Waals surface area contributed by atoms with E-state index < -0.39 is 21.5 Å². The SMILES string of the molecule is Cc1cc(C)c(NS(C)(=O)=O)c(C)c1NC(=O)C1c2cc(N(C)C)ccc2CCN1C(=O)C(C)(C)C.Cl. The molecule has 2 amide bonds. The van der Waals surface area contributed by atoms with E-state index in [1.807, 2.05) is 77.9 Å². The Hall–Kier alpha value is -2.78. The quantitative estimate of drug-likeness (QED) is 0.567. The highest BCUT2D eigenvalue weighted by atomic mass is 35.5. The Morgan fingerprint density at radius 2 is 1.62 bits per heavy atom. The summed E-state index contributed by atoms with van der Waals surface area (Å²) in [5.41, 5.74) is 5.31. The normalized spacial score (nSPS) is 15.4. The highest BCUT2D eigenvalue weighted by Gasteiger charge is 2.40. The minimum Gasteiger partial charge on any atom is -0.378 e. The maximum Gasteiger partial charge on any atom is 0.251 e. The van der Waals surface area contributed by atoms with Crippen molar-refractivity contribution < 1.29 is 18.0 Å². The van der Waals surface area contributed by atoms with Crippen LogP contribution in [0.1, 0.15) is 54.6 Å². The molecule has 3 rings (SSSR count). The number of hydrogen-bond donors (Lipinski definition) is 2. The van der Waals surface area contributed by atoms with Crippen LogP contribution in [-0.4, -0.2) is 52.0 Å². The number of sulfonamides is 1. The first kappa shape index (κ1) is 30.4. The Balaban J connectivity index is 0.00000481. The third kappa shape index (κ3) is 6.57. The molecule has 0 saturated carbocycles. The summed E-state index contributed by atoms with van der Waals surface area (Å²) in [6, 6.07) is 7.06. The molecule has 37 heavy (non-hydrogen) atoms. The van der Waals surface area contributed by atoms with Crippen LogP contribution < -0.4 is 14.9 Å². The highest BCUT2D eigenvalue weighted by molar-refractivity contribution is 7.92. The van der Waals surface area contributed by atoms with Crippen molar-refractivity contribution in [2.24, 2.45) is 5.41 Å². The molecule has 0 aromatic heterocycles. The molecule has 0 saturated heterocycles. The van der Waals surface area contributed by atoms with Crippen LogP contribution in [0.4, 0.5) is 17.1 Å². The van der Waals surface area contributed by atoms with Crippen LogP contribution in [0.2, 0.25) is 0 Å². The van der Waals surface area contributed by atoms with Crippen molar-refractivity contribution in [3.05, 3.63) is 52.1 Å². The number of amides is 2. The van der Waals surface area contributed by atoms with Gasteiger partial charge in [0.05, 0.1) is 11.9 Å². The van der Waals surface area contributed by atoms with Gasteiger partial charge in [-0.05, 0) is 67.1 Å². The van der Waals surface area contributed by atoms with E-state index in [1.54, 1.807) is 11.8 Å². The van der Waals surface area contributed by atoms with Gasteiger partial charge in [-0.2, -0.15) is 0 Å². The molecule has 0 fully saturated rings. The fourth-order valence-corrected chi connectivity index (χ4v) is 5.41. The Morgan fingerprint density at radius 3 is 2.16 bits per heavy atom. The fraction of sp³-hybridized carbons (Fsp3) is 0.481. The lowest BCUT2D eigenvalue weighted by Gasteiger charge is -2.40. The summed E-state index contributed by atoms with van der Waals surface area (Å²) in [4.78, 5) is 31.1. The predicted octanol–water partition coefficient (Wildman–Crippen LogP) is 4.58. The number of aryl methyl sites for hydroxylation is 2. The Bertz CT molecular complexity index is 1320. The van der Waals surface area contributed by atoms with Gasteiger partial charge < -0.3 is 15.1 Å². The molecule has 2 N–H and O–H groups in total. The maximum absolute atomic E-state index is 14.0. The van der Waals surface area contributed by atoms with Gasteiger partial charge in [0.2, 0.25) is 15.9 Å². The van der Waals surface area contributed by atoms with Crippen LogP contribution in [0.3, 0.4) is 0 Å². The first-order valence-electron chi connectivity index (χ1n) is 12.0. The Morgan fingerprint density at radius 1 is 1.03 bits per heavy atom. The van der Waals surface area contributed by atoms with Crippen molar-refractivity contribution in [3.63, 3.8) is 0 Å². The molecule has 204 valence electrons. The molecule has 1 heterocycles. The Labute approximate surface area is 227 Å². The molecular weight excluding hydrogens is 512 g/mol. The first-order chi connectivity index (χ1) is 16.5. The van der Waals surface area contributed by atoms with Crippen LogP contribution in [0.5, 0.6) is 0 Å². The molecule has 1 unspecified atom stereocenters. The van der Waals surface area contributed by atoms with E-state index in [-0.39, 0.29) is 24.2 Å². The fourth-order valence-electron chi connectivity index (χ4n) is 4.72.